The molecule has 0 bridgehead atoms. The van der Waals surface area contributed by atoms with E-state index < -0.39 is 12.7 Å². The highest BCUT2D eigenvalue weighted by Gasteiger charge is 2.30. The van der Waals surface area contributed by atoms with Crippen LogP contribution in [0.4, 0.5) is 5.95 Å². The van der Waals surface area contributed by atoms with Crippen molar-refractivity contribution >= 4 is 29.4 Å². The van der Waals surface area contributed by atoms with Gasteiger partial charge in [-0.15, -0.1) is 0 Å². The third-order valence-corrected chi connectivity index (χ3v) is 7.56. The van der Waals surface area contributed by atoms with E-state index in [1.165, 1.54) is 4.90 Å². The molecular weight excluding hydrogens is 562 g/mol. The summed E-state index contributed by atoms with van der Waals surface area (Å²) in [6, 6.07) is 12.5. The van der Waals surface area contributed by atoms with Crippen LogP contribution in [0.3, 0.4) is 0 Å². The van der Waals surface area contributed by atoms with E-state index in [-0.39, 0.29) is 37.0 Å². The van der Waals surface area contributed by atoms with Gasteiger partial charge >= 0.3 is 0 Å². The second-order valence-corrected chi connectivity index (χ2v) is 10.9. The Morgan fingerprint density at radius 2 is 2.05 bits per heavy atom. The number of hydrogen-bond acceptors (Lipinski definition) is 9. The highest BCUT2D eigenvalue weighted by molar-refractivity contribution is 6.33. The molecule has 4 N–H and O–H groups in total. The number of aromatic nitrogens is 2. The minimum atomic E-state index is -0.974. The van der Waals surface area contributed by atoms with Gasteiger partial charge in [0.05, 0.1) is 29.6 Å². The molecule has 5 rings (SSSR count). The molecule has 1 aromatic heterocycles. The number of rotatable bonds is 11. The van der Waals surface area contributed by atoms with Crippen LogP contribution in [-0.4, -0.2) is 82.0 Å². The summed E-state index contributed by atoms with van der Waals surface area (Å²) in [5.74, 6) is 0.449. The maximum absolute atomic E-state index is 13.3. The standard InChI is InChI=1S/C30H34ClN5O6/c1-18(19-3-2-4-24(11-19)42-17-23(38)16-37)33-27(39)15-36-14-21-6-5-20(12-25(21)29(36)40)28-26(31)13-32-30(35-28)34-22-7-9-41-10-8-22/h2-6,11-13,18,22-23,37-38H,7-10,14-17H2,1H3,(H,33,39)(H,32,34,35)/t18-,23?/m1/s1. The summed E-state index contributed by atoms with van der Waals surface area (Å²) in [6.07, 6.45) is 2.32. The quantitative estimate of drug-likeness (QED) is 0.263. The third kappa shape index (κ3) is 7.16. The zero-order valence-corrected chi connectivity index (χ0v) is 24.0. The van der Waals surface area contributed by atoms with Crippen molar-refractivity contribution in [1.82, 2.24) is 20.2 Å². The van der Waals surface area contributed by atoms with Crippen molar-refractivity contribution in [2.45, 2.75) is 44.5 Å². The molecule has 42 heavy (non-hydrogen) atoms. The Hall–Kier alpha value is -3.77. The Bertz CT molecular complexity index is 1430. The first-order valence-electron chi connectivity index (χ1n) is 13.9. The predicted molar refractivity (Wildman–Crippen MR) is 156 cm³/mol. The van der Waals surface area contributed by atoms with E-state index in [9.17, 15) is 14.7 Å². The SMILES string of the molecule is C[C@@H](NC(=O)CN1Cc2ccc(-c3nc(NC4CCOCC4)ncc3Cl)cc2C1=O)c1cccc(OCC(O)CO)c1. The molecule has 0 radical (unpaired) electrons. The van der Waals surface area contributed by atoms with Crippen molar-refractivity contribution in [3.8, 4) is 17.0 Å². The molecule has 1 saturated heterocycles. The Morgan fingerprint density at radius 1 is 1.24 bits per heavy atom. The van der Waals surface area contributed by atoms with Crippen LogP contribution in [0.25, 0.3) is 11.3 Å². The largest absolute Gasteiger partial charge is 0.491 e. The highest BCUT2D eigenvalue weighted by Crippen LogP contribution is 2.32. The van der Waals surface area contributed by atoms with E-state index in [1.807, 2.05) is 25.1 Å². The van der Waals surface area contributed by atoms with Crippen LogP contribution in [0, 0.1) is 0 Å². The summed E-state index contributed by atoms with van der Waals surface area (Å²) in [6.45, 7) is 3.01. The number of carbonyl (C=O) groups is 2. The number of carbonyl (C=O) groups excluding carboxylic acids is 2. The van der Waals surface area contributed by atoms with Crippen molar-refractivity contribution in [2.75, 3.05) is 38.3 Å². The van der Waals surface area contributed by atoms with Gasteiger partial charge in [-0.25, -0.2) is 9.97 Å². The number of nitrogens with one attached hydrogen (secondary N) is 2. The fourth-order valence-electron chi connectivity index (χ4n) is 4.96. The van der Waals surface area contributed by atoms with Crippen LogP contribution in [0.5, 0.6) is 5.75 Å². The summed E-state index contributed by atoms with van der Waals surface area (Å²) < 4.78 is 10.9. The van der Waals surface area contributed by atoms with Crippen molar-refractivity contribution < 1.29 is 29.3 Å². The van der Waals surface area contributed by atoms with Gasteiger partial charge in [-0.3, -0.25) is 9.59 Å². The number of benzene rings is 2. The predicted octanol–water partition coefficient (Wildman–Crippen LogP) is 2.95. The molecule has 2 atom stereocenters. The lowest BCUT2D eigenvalue weighted by molar-refractivity contribution is -0.122. The zero-order valence-electron chi connectivity index (χ0n) is 23.3. The average Bonchev–Trinajstić information content (AvgIpc) is 3.31. The van der Waals surface area contributed by atoms with Crippen molar-refractivity contribution in [1.29, 1.82) is 0 Å². The number of nitrogens with zero attached hydrogens (tertiary/aromatic N) is 3. The molecule has 11 nitrogen and oxygen atoms in total. The fraction of sp³-hybridized carbons (Fsp3) is 0.400. The van der Waals surface area contributed by atoms with Gasteiger partial charge in [0.1, 0.15) is 25.0 Å². The Kier molecular flexibility index (Phi) is 9.53. The first-order valence-corrected chi connectivity index (χ1v) is 14.3. The van der Waals surface area contributed by atoms with Crippen LogP contribution in [-0.2, 0) is 16.1 Å². The van der Waals surface area contributed by atoms with Gasteiger partial charge in [0.15, 0.2) is 0 Å². The molecule has 1 fully saturated rings. The third-order valence-electron chi connectivity index (χ3n) is 7.28. The molecular formula is C30H34ClN5O6. The summed E-state index contributed by atoms with van der Waals surface area (Å²) in [4.78, 5) is 36.6. The second kappa shape index (κ2) is 13.5. The summed E-state index contributed by atoms with van der Waals surface area (Å²) in [5, 5.41) is 25.1. The highest BCUT2D eigenvalue weighted by atomic mass is 35.5. The van der Waals surface area contributed by atoms with Crippen molar-refractivity contribution in [3.63, 3.8) is 0 Å². The smallest absolute Gasteiger partial charge is 0.254 e. The molecule has 3 heterocycles. The van der Waals surface area contributed by atoms with Gasteiger partial charge in [0, 0.05) is 36.9 Å². The summed E-state index contributed by atoms with van der Waals surface area (Å²) in [7, 11) is 0. The first kappa shape index (κ1) is 29.7. The lowest BCUT2D eigenvalue weighted by atomic mass is 10.0. The Balaban J connectivity index is 1.21. The molecule has 2 aliphatic rings. The minimum absolute atomic E-state index is 0.0438. The van der Waals surface area contributed by atoms with E-state index in [1.54, 1.807) is 30.5 Å². The number of aliphatic hydroxyl groups excluding tert-OH is 2. The molecule has 2 aromatic carbocycles. The molecule has 0 aliphatic carbocycles. The summed E-state index contributed by atoms with van der Waals surface area (Å²) >= 11 is 6.45. The van der Waals surface area contributed by atoms with Gasteiger partial charge in [-0.1, -0.05) is 35.9 Å². The zero-order chi connectivity index (χ0) is 29.6. The van der Waals surface area contributed by atoms with Gasteiger partial charge in [-0.2, -0.15) is 0 Å². The molecule has 12 heteroatoms. The topological polar surface area (TPSA) is 146 Å². The number of aliphatic hydroxyl groups is 2. The average molecular weight is 596 g/mol. The number of ether oxygens (including phenoxy) is 2. The van der Waals surface area contributed by atoms with Gasteiger partial charge < -0.3 is 35.2 Å². The van der Waals surface area contributed by atoms with E-state index in [0.717, 1.165) is 24.0 Å². The molecule has 1 unspecified atom stereocenters. The lowest BCUT2D eigenvalue weighted by Gasteiger charge is -2.23. The van der Waals surface area contributed by atoms with E-state index in [4.69, 9.17) is 26.2 Å². The monoisotopic (exact) mass is 595 g/mol. The maximum atomic E-state index is 13.3. The molecule has 3 aromatic rings. The van der Waals surface area contributed by atoms with Gasteiger partial charge in [0.2, 0.25) is 11.9 Å². The minimum Gasteiger partial charge on any atom is -0.491 e. The summed E-state index contributed by atoms with van der Waals surface area (Å²) in [5.41, 5.74) is 3.35. The van der Waals surface area contributed by atoms with Crippen LogP contribution in [0.2, 0.25) is 5.02 Å². The number of hydrogen-bond donors (Lipinski definition) is 4. The lowest BCUT2D eigenvalue weighted by Crippen LogP contribution is -2.38. The second-order valence-electron chi connectivity index (χ2n) is 10.5. The van der Waals surface area contributed by atoms with Gasteiger partial charge in [0.25, 0.3) is 5.91 Å². The molecule has 222 valence electrons. The molecule has 2 aliphatic heterocycles. The van der Waals surface area contributed by atoms with Gasteiger partial charge in [-0.05, 0) is 49.1 Å². The number of fused-ring (bicyclic) bond motifs is 1. The maximum Gasteiger partial charge on any atom is 0.254 e. The van der Waals surface area contributed by atoms with E-state index in [2.05, 4.69) is 20.6 Å². The van der Waals surface area contributed by atoms with Crippen molar-refractivity contribution in [3.05, 3.63) is 70.4 Å². The van der Waals surface area contributed by atoms with Crippen molar-refractivity contribution in [2.24, 2.45) is 0 Å². The normalized spacial score (nSPS) is 16.6. The molecule has 0 saturated carbocycles. The molecule has 0 spiro atoms. The number of amides is 2. The Morgan fingerprint density at radius 3 is 2.83 bits per heavy atom. The van der Waals surface area contributed by atoms with Crippen LogP contribution in [0.15, 0.2) is 48.7 Å². The van der Waals surface area contributed by atoms with Crippen LogP contribution in [0.1, 0.15) is 47.3 Å². The molecule has 2 amide bonds. The van der Waals surface area contributed by atoms with Crippen LogP contribution >= 0.6 is 11.6 Å². The first-order chi connectivity index (χ1) is 20.3. The fourth-order valence-corrected chi connectivity index (χ4v) is 5.16. The number of halogens is 1. The van der Waals surface area contributed by atoms with Crippen LogP contribution < -0.4 is 15.4 Å². The van der Waals surface area contributed by atoms with E-state index in [0.29, 0.717) is 53.3 Å². The number of anilines is 1. The van der Waals surface area contributed by atoms with E-state index >= 15 is 0 Å². The Labute approximate surface area is 248 Å².